The molecule has 0 aromatic carbocycles. The van der Waals surface area contributed by atoms with Crippen LogP contribution in [-0.4, -0.2) is 78.2 Å². The number of ether oxygens (including phenoxy) is 3. The minimum atomic E-state index is -1.74. The second-order valence-electron chi connectivity index (χ2n) is 10.5. The molecule has 4 amide bonds. The van der Waals surface area contributed by atoms with Crippen LogP contribution in [0, 0.1) is 0 Å². The molecule has 0 bridgehead atoms. The van der Waals surface area contributed by atoms with Gasteiger partial charge in [-0.15, -0.1) is 0 Å². The highest BCUT2D eigenvalue weighted by atomic mass is 16.6. The summed E-state index contributed by atoms with van der Waals surface area (Å²) < 4.78 is 15.3. The monoisotopic (exact) mass is 502 g/mol. The first-order valence-corrected chi connectivity index (χ1v) is 10.9. The minimum Gasteiger partial charge on any atom is -0.458 e. The van der Waals surface area contributed by atoms with E-state index in [0.717, 1.165) is 0 Å². The molecule has 0 radical (unpaired) electrons. The van der Waals surface area contributed by atoms with E-state index in [4.69, 9.17) is 14.2 Å². The third-order valence-electron chi connectivity index (χ3n) is 3.27. The van der Waals surface area contributed by atoms with Crippen LogP contribution in [0.2, 0.25) is 0 Å². The lowest BCUT2D eigenvalue weighted by Crippen LogP contribution is -2.53. The van der Waals surface area contributed by atoms with Gasteiger partial charge in [-0.1, -0.05) is 0 Å². The Labute approximate surface area is 205 Å². The van der Waals surface area contributed by atoms with Crippen LogP contribution in [0.5, 0.6) is 0 Å². The Morgan fingerprint density at radius 2 is 0.886 bits per heavy atom. The fourth-order valence-corrected chi connectivity index (χ4v) is 2.10. The zero-order valence-electron chi connectivity index (χ0n) is 21.9. The van der Waals surface area contributed by atoms with Gasteiger partial charge in [-0.05, 0) is 62.3 Å². The molecule has 13 nitrogen and oxygen atoms in total. The van der Waals surface area contributed by atoms with E-state index in [0.29, 0.717) is 0 Å². The van der Waals surface area contributed by atoms with Crippen molar-refractivity contribution in [3.8, 4) is 0 Å². The first-order chi connectivity index (χ1) is 15.7. The molecule has 13 heteroatoms. The van der Waals surface area contributed by atoms with E-state index in [1.165, 1.54) is 0 Å². The van der Waals surface area contributed by atoms with Crippen LogP contribution in [-0.2, 0) is 38.2 Å². The lowest BCUT2D eigenvalue weighted by Gasteiger charge is -2.26. The van der Waals surface area contributed by atoms with E-state index in [1.54, 1.807) is 62.3 Å². The molecule has 4 N–H and O–H groups in total. The number of carbonyl (C=O) groups excluding carboxylic acids is 6. The van der Waals surface area contributed by atoms with Crippen LogP contribution in [0.25, 0.3) is 0 Å². The highest BCUT2D eigenvalue weighted by molar-refractivity contribution is 6.03. The van der Waals surface area contributed by atoms with Crippen molar-refractivity contribution in [1.82, 2.24) is 21.3 Å². The van der Waals surface area contributed by atoms with Gasteiger partial charge in [0.15, 0.2) is 0 Å². The zero-order valence-corrected chi connectivity index (χ0v) is 21.9. The first-order valence-electron chi connectivity index (χ1n) is 10.9. The van der Waals surface area contributed by atoms with Gasteiger partial charge in [-0.2, -0.15) is 0 Å². The Kier molecular flexibility index (Phi) is 11.7. The standard InChI is InChI=1S/C22H38N4O9/c1-20(2,3)33-17(30)16(18(31)34-21(4,5)6)26-15(29)12-24-13(27)10-23-14(28)11-25-19(32)35-22(7,8)9/h16H,10-12H2,1-9H3,(H,23,28)(H,24,27)(H,25,32)(H,26,29). The van der Waals surface area contributed by atoms with E-state index >= 15 is 0 Å². The SMILES string of the molecule is CC(C)(C)OC(=O)NCC(=O)NCC(=O)NCC(=O)NC(C(=O)OC(C)(C)C)C(=O)OC(C)(C)C. The Balaban J connectivity index is 4.70. The van der Waals surface area contributed by atoms with E-state index in [-0.39, 0.29) is 0 Å². The summed E-state index contributed by atoms with van der Waals surface area (Å²) >= 11 is 0. The molecule has 200 valence electrons. The van der Waals surface area contributed by atoms with Gasteiger partial charge >= 0.3 is 18.0 Å². The fraction of sp³-hybridized carbons (Fsp3) is 0.727. The number of nitrogens with one attached hydrogen (secondary N) is 4. The molecule has 0 fully saturated rings. The summed E-state index contributed by atoms with van der Waals surface area (Å²) in [7, 11) is 0. The van der Waals surface area contributed by atoms with E-state index in [9.17, 15) is 28.8 Å². The van der Waals surface area contributed by atoms with Crippen molar-refractivity contribution in [3.05, 3.63) is 0 Å². The molecule has 0 aromatic rings. The van der Waals surface area contributed by atoms with Crippen LogP contribution in [0.1, 0.15) is 62.3 Å². The zero-order chi connectivity index (χ0) is 27.6. The molecule has 0 aliphatic rings. The maximum atomic E-state index is 12.4. The van der Waals surface area contributed by atoms with Gasteiger partial charge in [-0.3, -0.25) is 14.4 Å². The van der Waals surface area contributed by atoms with Gasteiger partial charge in [0.25, 0.3) is 0 Å². The smallest absolute Gasteiger partial charge is 0.408 e. The lowest BCUT2D eigenvalue weighted by molar-refractivity contribution is -0.171. The van der Waals surface area contributed by atoms with Gasteiger partial charge in [0.05, 0.1) is 13.1 Å². The van der Waals surface area contributed by atoms with Crippen molar-refractivity contribution in [2.75, 3.05) is 19.6 Å². The maximum Gasteiger partial charge on any atom is 0.408 e. The highest BCUT2D eigenvalue weighted by Crippen LogP contribution is 2.12. The molecule has 0 spiro atoms. The molecular weight excluding hydrogens is 464 g/mol. The molecule has 0 aliphatic heterocycles. The van der Waals surface area contributed by atoms with Gasteiger partial charge in [0.1, 0.15) is 23.3 Å². The molecule has 0 atom stereocenters. The van der Waals surface area contributed by atoms with Crippen molar-refractivity contribution in [1.29, 1.82) is 0 Å². The second-order valence-corrected chi connectivity index (χ2v) is 10.5. The predicted octanol–water partition coefficient (Wildman–Crippen LogP) is -0.0883. The molecule has 0 saturated carbocycles. The lowest BCUT2D eigenvalue weighted by atomic mass is 10.1. The second kappa shape index (κ2) is 12.9. The number of alkyl carbamates (subject to hydrolysis) is 1. The van der Waals surface area contributed by atoms with Crippen LogP contribution >= 0.6 is 0 Å². The maximum absolute atomic E-state index is 12.4. The van der Waals surface area contributed by atoms with Crippen LogP contribution in [0.4, 0.5) is 4.79 Å². The molecule has 0 saturated heterocycles. The molecule has 0 rings (SSSR count). The predicted molar refractivity (Wildman–Crippen MR) is 124 cm³/mol. The largest absolute Gasteiger partial charge is 0.458 e. The molecule has 0 aromatic heterocycles. The Morgan fingerprint density at radius 1 is 0.543 bits per heavy atom. The third-order valence-corrected chi connectivity index (χ3v) is 3.27. The molecule has 35 heavy (non-hydrogen) atoms. The van der Waals surface area contributed by atoms with Crippen LogP contribution in [0.3, 0.4) is 0 Å². The van der Waals surface area contributed by atoms with Crippen LogP contribution in [0.15, 0.2) is 0 Å². The van der Waals surface area contributed by atoms with Crippen molar-refractivity contribution in [2.45, 2.75) is 85.2 Å². The average molecular weight is 503 g/mol. The number of hydrogen-bond acceptors (Lipinski definition) is 9. The number of esters is 2. The summed E-state index contributed by atoms with van der Waals surface area (Å²) in [5.41, 5.74) is -2.58. The van der Waals surface area contributed by atoms with E-state index in [1.807, 2.05) is 0 Å². The van der Waals surface area contributed by atoms with Crippen molar-refractivity contribution in [3.63, 3.8) is 0 Å². The summed E-state index contributed by atoms with van der Waals surface area (Å²) in [6.45, 7) is 13.1. The molecule has 0 unspecified atom stereocenters. The van der Waals surface area contributed by atoms with Gasteiger partial charge < -0.3 is 35.5 Å². The minimum absolute atomic E-state index is 0.420. The van der Waals surface area contributed by atoms with Crippen molar-refractivity contribution in [2.24, 2.45) is 0 Å². The Bertz CT molecular complexity index is 777. The first kappa shape index (κ1) is 31.6. The topological polar surface area (TPSA) is 178 Å². The van der Waals surface area contributed by atoms with Crippen molar-refractivity contribution >= 4 is 35.8 Å². The summed E-state index contributed by atoms with van der Waals surface area (Å²) in [5.74, 6) is -4.28. The number of hydrogen-bond donors (Lipinski definition) is 4. The Morgan fingerprint density at radius 3 is 1.26 bits per heavy atom. The fourth-order valence-electron chi connectivity index (χ4n) is 2.10. The summed E-state index contributed by atoms with van der Waals surface area (Å²) in [4.78, 5) is 72.2. The van der Waals surface area contributed by atoms with E-state index in [2.05, 4.69) is 21.3 Å². The molecular formula is C22H38N4O9. The summed E-state index contributed by atoms with van der Waals surface area (Å²) in [6.07, 6.45) is -0.793. The van der Waals surface area contributed by atoms with E-state index < -0.39 is 78.2 Å². The van der Waals surface area contributed by atoms with Gasteiger partial charge in [0, 0.05) is 0 Å². The molecule has 0 aliphatic carbocycles. The quantitative estimate of drug-likeness (QED) is 0.190. The normalized spacial score (nSPS) is 11.7. The summed E-state index contributed by atoms with van der Waals surface area (Å²) in [6, 6.07) is -1.74. The number of rotatable bonds is 9. The van der Waals surface area contributed by atoms with Gasteiger partial charge in [-0.25, -0.2) is 14.4 Å². The average Bonchev–Trinajstić information content (AvgIpc) is 2.62. The van der Waals surface area contributed by atoms with Crippen LogP contribution < -0.4 is 21.3 Å². The van der Waals surface area contributed by atoms with Crippen molar-refractivity contribution < 1.29 is 43.0 Å². The van der Waals surface area contributed by atoms with Gasteiger partial charge in [0.2, 0.25) is 23.8 Å². The number of amides is 4. The summed E-state index contributed by atoms with van der Waals surface area (Å²) in [5, 5.41) is 8.90. The number of carbonyl (C=O) groups is 6. The third kappa shape index (κ3) is 16.8. The highest BCUT2D eigenvalue weighted by Gasteiger charge is 2.36. The molecule has 0 heterocycles. The Hall–Kier alpha value is -3.38.